The summed E-state index contributed by atoms with van der Waals surface area (Å²) in [5.74, 6) is 1.79. The molecular weight excluding hydrogens is 368 g/mol. The highest BCUT2D eigenvalue weighted by atomic mass is 32.1. The molecule has 0 saturated carbocycles. The summed E-state index contributed by atoms with van der Waals surface area (Å²) < 4.78 is 6.05. The molecule has 142 valence electrons. The van der Waals surface area contributed by atoms with E-state index in [-0.39, 0.29) is 0 Å². The van der Waals surface area contributed by atoms with Gasteiger partial charge in [0, 0.05) is 29.6 Å². The largest absolute Gasteiger partial charge is 0.456 e. The van der Waals surface area contributed by atoms with E-state index in [1.807, 2.05) is 24.3 Å². The van der Waals surface area contributed by atoms with Crippen LogP contribution in [0.5, 0.6) is 0 Å². The van der Waals surface area contributed by atoms with Gasteiger partial charge in [-0.1, -0.05) is 36.8 Å². The molecule has 2 N–H and O–H groups in total. The molecule has 6 heteroatoms. The molecule has 1 unspecified atom stereocenters. The Morgan fingerprint density at radius 3 is 3.04 bits per heavy atom. The Kier molecular flexibility index (Phi) is 4.56. The van der Waals surface area contributed by atoms with Crippen LogP contribution in [0.15, 0.2) is 47.0 Å². The van der Waals surface area contributed by atoms with Gasteiger partial charge < -0.3 is 14.7 Å². The molecule has 1 fully saturated rings. The van der Waals surface area contributed by atoms with Crippen LogP contribution in [0.3, 0.4) is 0 Å². The molecule has 0 radical (unpaired) electrons. The van der Waals surface area contributed by atoms with Crippen molar-refractivity contribution < 1.29 is 4.42 Å². The number of nitrogens with one attached hydrogen (secondary N) is 2. The summed E-state index contributed by atoms with van der Waals surface area (Å²) in [5.41, 5.74) is 3.55. The minimum Gasteiger partial charge on any atom is -0.456 e. The molecule has 1 saturated heterocycles. The van der Waals surface area contributed by atoms with Gasteiger partial charge in [0.1, 0.15) is 17.2 Å². The maximum absolute atomic E-state index is 6.05. The van der Waals surface area contributed by atoms with Crippen molar-refractivity contribution in [1.82, 2.24) is 20.3 Å². The van der Waals surface area contributed by atoms with Crippen LogP contribution < -0.4 is 5.32 Å². The Morgan fingerprint density at radius 1 is 1.18 bits per heavy atom. The fourth-order valence-electron chi connectivity index (χ4n) is 3.97. The van der Waals surface area contributed by atoms with E-state index in [1.165, 1.54) is 19.3 Å². The van der Waals surface area contributed by atoms with Gasteiger partial charge >= 0.3 is 0 Å². The van der Waals surface area contributed by atoms with Crippen LogP contribution in [0.2, 0.25) is 0 Å². The number of nitrogens with zero attached hydrogens (tertiary/aromatic N) is 2. The lowest BCUT2D eigenvalue weighted by Gasteiger charge is -2.16. The van der Waals surface area contributed by atoms with E-state index >= 15 is 0 Å². The number of rotatable bonds is 4. The van der Waals surface area contributed by atoms with Crippen molar-refractivity contribution in [2.75, 3.05) is 0 Å². The van der Waals surface area contributed by atoms with Crippen LogP contribution in [0, 0.1) is 0 Å². The van der Waals surface area contributed by atoms with Crippen molar-refractivity contribution in [3.63, 3.8) is 0 Å². The van der Waals surface area contributed by atoms with Crippen LogP contribution >= 0.6 is 12.2 Å². The molecule has 1 aromatic carbocycles. The molecule has 1 aliphatic rings. The number of aromatic nitrogens is 3. The molecule has 0 spiro atoms. The van der Waals surface area contributed by atoms with Gasteiger partial charge in [-0.2, -0.15) is 0 Å². The van der Waals surface area contributed by atoms with Gasteiger partial charge in [-0.15, -0.1) is 0 Å². The number of furan rings is 1. The monoisotopic (exact) mass is 390 g/mol. The molecule has 1 aliphatic heterocycles. The van der Waals surface area contributed by atoms with Crippen molar-refractivity contribution >= 4 is 39.3 Å². The number of pyridine rings is 1. The Balaban J connectivity index is 1.41. The smallest absolute Gasteiger partial charge is 0.178 e. The summed E-state index contributed by atoms with van der Waals surface area (Å²) >= 11 is 5.40. The van der Waals surface area contributed by atoms with Gasteiger partial charge in [-0.3, -0.25) is 0 Å². The lowest BCUT2D eigenvalue weighted by Crippen LogP contribution is -2.32. The summed E-state index contributed by atoms with van der Waals surface area (Å²) in [7, 11) is 0. The highest BCUT2D eigenvalue weighted by Gasteiger charge is 2.17. The number of H-pyrrole nitrogens is 1. The highest BCUT2D eigenvalue weighted by Crippen LogP contribution is 2.31. The number of thiocarbonyl (C=S) groups is 1. The second kappa shape index (κ2) is 7.36. The van der Waals surface area contributed by atoms with Crippen molar-refractivity contribution in [3.8, 4) is 11.3 Å². The molecule has 0 amide bonds. The molecule has 5 nitrogen and oxygen atoms in total. The first-order chi connectivity index (χ1) is 13.8. The summed E-state index contributed by atoms with van der Waals surface area (Å²) in [5, 5.41) is 4.59. The fraction of sp³-hybridized carbons (Fsp3) is 0.318. The molecule has 4 heterocycles. The molecular formula is C22H22N4OS. The molecule has 0 aliphatic carbocycles. The SMILES string of the molecule is S=C1CCCCC(CCc2nc3nccc(-c4cc5ccccc5o4)c3[nH]2)N1. The van der Waals surface area contributed by atoms with E-state index in [1.54, 1.807) is 6.20 Å². The van der Waals surface area contributed by atoms with Crippen molar-refractivity contribution in [3.05, 3.63) is 48.4 Å². The second-order valence-corrected chi connectivity index (χ2v) is 7.93. The molecule has 0 bridgehead atoms. The number of hydrogen-bond donors (Lipinski definition) is 2. The van der Waals surface area contributed by atoms with Gasteiger partial charge in [-0.25, -0.2) is 9.97 Å². The molecule has 5 rings (SSSR count). The van der Waals surface area contributed by atoms with Gasteiger partial charge in [-0.05, 0) is 43.9 Å². The standard InChI is InChI=1S/C22H22N4OS/c28-20-8-4-2-6-15(24-20)9-10-19-25-21-16(11-12-23-22(21)26-19)18-13-14-5-1-3-7-17(14)27-18/h1,3,5,7,11-13,15H,2,4,6,8-10H2,(H,24,28)(H,23,25,26). The highest BCUT2D eigenvalue weighted by molar-refractivity contribution is 7.80. The predicted molar refractivity (Wildman–Crippen MR) is 115 cm³/mol. The Bertz CT molecular complexity index is 1110. The maximum Gasteiger partial charge on any atom is 0.178 e. The number of fused-ring (bicyclic) bond motifs is 2. The average Bonchev–Trinajstić information content (AvgIpc) is 3.26. The first kappa shape index (κ1) is 17.4. The zero-order chi connectivity index (χ0) is 18.9. The fourth-order valence-corrected chi connectivity index (χ4v) is 4.28. The van der Waals surface area contributed by atoms with Gasteiger partial charge in [0.05, 0.1) is 10.5 Å². The third kappa shape index (κ3) is 3.40. The first-order valence-corrected chi connectivity index (χ1v) is 10.3. The Hall–Kier alpha value is -2.73. The molecule has 3 aromatic heterocycles. The quantitative estimate of drug-likeness (QED) is 0.471. The Morgan fingerprint density at radius 2 is 2.11 bits per heavy atom. The van der Waals surface area contributed by atoms with E-state index < -0.39 is 0 Å². The number of aryl methyl sites for hydroxylation is 1. The number of para-hydroxylation sites is 1. The second-order valence-electron chi connectivity index (χ2n) is 7.44. The number of benzene rings is 1. The van der Waals surface area contributed by atoms with Crippen molar-refractivity contribution in [2.24, 2.45) is 0 Å². The molecule has 1 atom stereocenters. The zero-order valence-corrected chi connectivity index (χ0v) is 16.4. The first-order valence-electron chi connectivity index (χ1n) is 9.88. The number of aromatic amines is 1. The van der Waals surface area contributed by atoms with Crippen molar-refractivity contribution in [1.29, 1.82) is 0 Å². The molecule has 4 aromatic rings. The van der Waals surface area contributed by atoms with Crippen LogP contribution in [-0.2, 0) is 6.42 Å². The summed E-state index contributed by atoms with van der Waals surface area (Å²) in [4.78, 5) is 13.6. The number of imidazole rings is 1. The van der Waals surface area contributed by atoms with Crippen LogP contribution in [0.25, 0.3) is 33.5 Å². The van der Waals surface area contributed by atoms with E-state index in [9.17, 15) is 0 Å². The van der Waals surface area contributed by atoms with E-state index in [0.29, 0.717) is 6.04 Å². The normalized spacial score (nSPS) is 17.7. The maximum atomic E-state index is 6.05. The lowest BCUT2D eigenvalue weighted by atomic mass is 10.1. The summed E-state index contributed by atoms with van der Waals surface area (Å²) in [6, 6.07) is 12.5. The molecule has 28 heavy (non-hydrogen) atoms. The Labute approximate surface area is 168 Å². The van der Waals surface area contributed by atoms with Gasteiger partial charge in [0.25, 0.3) is 0 Å². The minimum atomic E-state index is 0.436. The lowest BCUT2D eigenvalue weighted by molar-refractivity contribution is 0.513. The summed E-state index contributed by atoms with van der Waals surface area (Å²) in [6.45, 7) is 0. The van der Waals surface area contributed by atoms with Crippen LogP contribution in [0.4, 0.5) is 0 Å². The third-order valence-electron chi connectivity index (χ3n) is 5.43. The minimum absolute atomic E-state index is 0.436. The van der Waals surface area contributed by atoms with Crippen LogP contribution in [0.1, 0.15) is 37.9 Å². The predicted octanol–water partition coefficient (Wildman–Crippen LogP) is 5.16. The topological polar surface area (TPSA) is 66.7 Å². The van der Waals surface area contributed by atoms with E-state index in [0.717, 1.165) is 63.5 Å². The summed E-state index contributed by atoms with van der Waals surface area (Å²) in [6.07, 6.45) is 8.29. The van der Waals surface area contributed by atoms with E-state index in [4.69, 9.17) is 21.6 Å². The van der Waals surface area contributed by atoms with Crippen molar-refractivity contribution in [2.45, 2.75) is 44.6 Å². The van der Waals surface area contributed by atoms with Gasteiger partial charge in [0.15, 0.2) is 5.65 Å². The van der Waals surface area contributed by atoms with Crippen LogP contribution in [-0.4, -0.2) is 26.0 Å². The average molecular weight is 391 g/mol. The third-order valence-corrected chi connectivity index (χ3v) is 5.76. The zero-order valence-electron chi connectivity index (χ0n) is 15.6. The van der Waals surface area contributed by atoms with Gasteiger partial charge in [0.2, 0.25) is 0 Å². The van der Waals surface area contributed by atoms with E-state index in [2.05, 4.69) is 27.4 Å². The number of hydrogen-bond acceptors (Lipinski definition) is 4.